The number of aliphatic carboxylic acids is 1. The Balaban J connectivity index is 1.99. The third kappa shape index (κ3) is 6.26. The van der Waals surface area contributed by atoms with Crippen LogP contribution in [-0.4, -0.2) is 35.7 Å². The fourth-order valence-electron chi connectivity index (χ4n) is 1.95. The van der Waals surface area contributed by atoms with Crippen LogP contribution in [-0.2, 0) is 14.3 Å². The highest BCUT2D eigenvalue weighted by Gasteiger charge is 2.21. The van der Waals surface area contributed by atoms with Gasteiger partial charge >= 0.3 is 5.97 Å². The van der Waals surface area contributed by atoms with Crippen molar-refractivity contribution in [3.63, 3.8) is 0 Å². The van der Waals surface area contributed by atoms with Gasteiger partial charge in [-0.2, -0.15) is 0 Å². The molecule has 0 bridgehead atoms. The van der Waals surface area contributed by atoms with E-state index < -0.39 is 5.97 Å². The Bertz CT molecular complexity index is 267. The van der Waals surface area contributed by atoms with Gasteiger partial charge in [-0.3, -0.25) is 9.59 Å². The van der Waals surface area contributed by atoms with Crippen LogP contribution in [0, 0.1) is 0 Å². The van der Waals surface area contributed by atoms with Crippen molar-refractivity contribution in [2.75, 3.05) is 6.54 Å². The van der Waals surface area contributed by atoms with Crippen LogP contribution in [0.2, 0.25) is 0 Å². The molecule has 1 aliphatic heterocycles. The van der Waals surface area contributed by atoms with E-state index in [1.165, 1.54) is 0 Å². The van der Waals surface area contributed by atoms with E-state index in [0.29, 0.717) is 25.5 Å². The molecule has 1 saturated heterocycles. The van der Waals surface area contributed by atoms with E-state index in [1.54, 1.807) is 0 Å². The van der Waals surface area contributed by atoms with Crippen LogP contribution in [0.5, 0.6) is 0 Å². The minimum atomic E-state index is -0.826. The first-order valence-corrected chi connectivity index (χ1v) is 6.22. The molecule has 0 unspecified atom stereocenters. The molecule has 0 aromatic carbocycles. The zero-order valence-electron chi connectivity index (χ0n) is 10.3. The summed E-state index contributed by atoms with van der Waals surface area (Å²) in [5.41, 5.74) is 0. The molecule has 5 heteroatoms. The van der Waals surface area contributed by atoms with Gasteiger partial charge in [0.15, 0.2) is 0 Å². The molecule has 5 nitrogen and oxygen atoms in total. The van der Waals surface area contributed by atoms with E-state index in [9.17, 15) is 9.59 Å². The summed E-state index contributed by atoms with van der Waals surface area (Å²) in [6, 6.07) is 0. The number of hydrogen-bond donors (Lipinski definition) is 2. The average molecular weight is 243 g/mol. The zero-order valence-corrected chi connectivity index (χ0v) is 10.3. The van der Waals surface area contributed by atoms with Crippen LogP contribution in [0.3, 0.4) is 0 Å². The number of ether oxygens (including phenoxy) is 1. The van der Waals surface area contributed by atoms with Crippen molar-refractivity contribution in [2.45, 2.75) is 57.7 Å². The van der Waals surface area contributed by atoms with E-state index in [0.717, 1.165) is 19.3 Å². The highest BCUT2D eigenvalue weighted by molar-refractivity contribution is 5.75. The molecular formula is C12H21NO4. The maximum Gasteiger partial charge on any atom is 0.303 e. The Hall–Kier alpha value is -1.10. The minimum Gasteiger partial charge on any atom is -0.481 e. The third-order valence-corrected chi connectivity index (χ3v) is 2.90. The second-order valence-corrected chi connectivity index (χ2v) is 4.53. The molecule has 0 spiro atoms. The Labute approximate surface area is 102 Å². The van der Waals surface area contributed by atoms with Crippen molar-refractivity contribution in [3.8, 4) is 0 Å². The summed E-state index contributed by atoms with van der Waals surface area (Å²) >= 11 is 0. The molecule has 1 amide bonds. The van der Waals surface area contributed by atoms with Gasteiger partial charge in [-0.15, -0.1) is 0 Å². The Morgan fingerprint density at radius 2 is 2.12 bits per heavy atom. The summed E-state index contributed by atoms with van der Waals surface area (Å²) in [7, 11) is 0. The summed E-state index contributed by atoms with van der Waals surface area (Å²) in [5, 5.41) is 11.1. The number of carboxylic acid groups (broad SMARTS) is 1. The number of carbonyl (C=O) groups excluding carboxylic acids is 1. The first-order valence-electron chi connectivity index (χ1n) is 6.22. The number of nitrogens with one attached hydrogen (secondary N) is 1. The van der Waals surface area contributed by atoms with Gasteiger partial charge in [0.05, 0.1) is 12.2 Å². The smallest absolute Gasteiger partial charge is 0.303 e. The summed E-state index contributed by atoms with van der Waals surface area (Å²) in [6.45, 7) is 2.49. The van der Waals surface area contributed by atoms with Crippen LogP contribution in [0.25, 0.3) is 0 Å². The zero-order chi connectivity index (χ0) is 12.7. The molecule has 0 aliphatic carbocycles. The molecule has 1 fully saturated rings. The Kier molecular flexibility index (Phi) is 5.97. The summed E-state index contributed by atoms with van der Waals surface area (Å²) in [4.78, 5) is 21.7. The van der Waals surface area contributed by atoms with E-state index >= 15 is 0 Å². The molecule has 2 N–H and O–H groups in total. The predicted molar refractivity (Wildman–Crippen MR) is 62.7 cm³/mol. The maximum atomic E-state index is 11.4. The molecule has 1 heterocycles. The van der Waals surface area contributed by atoms with Gasteiger partial charge < -0.3 is 15.2 Å². The molecule has 0 aromatic heterocycles. The first-order chi connectivity index (χ1) is 8.08. The molecule has 2 atom stereocenters. The lowest BCUT2D eigenvalue weighted by Crippen LogP contribution is -2.25. The lowest BCUT2D eigenvalue weighted by molar-refractivity contribution is -0.137. The Morgan fingerprint density at radius 3 is 2.71 bits per heavy atom. The van der Waals surface area contributed by atoms with Crippen LogP contribution >= 0.6 is 0 Å². The number of carboxylic acids is 1. The topological polar surface area (TPSA) is 75.6 Å². The summed E-state index contributed by atoms with van der Waals surface area (Å²) in [5.74, 6) is -0.842. The highest BCUT2D eigenvalue weighted by Crippen LogP contribution is 2.22. The van der Waals surface area contributed by atoms with Crippen LogP contribution in [0.15, 0.2) is 0 Å². The van der Waals surface area contributed by atoms with E-state index in [2.05, 4.69) is 5.32 Å². The first kappa shape index (κ1) is 14.0. The van der Waals surface area contributed by atoms with Gasteiger partial charge in [0.25, 0.3) is 0 Å². The molecule has 0 radical (unpaired) electrons. The van der Waals surface area contributed by atoms with Gasteiger partial charge in [-0.1, -0.05) is 0 Å². The lowest BCUT2D eigenvalue weighted by Gasteiger charge is -2.10. The number of hydrogen-bond acceptors (Lipinski definition) is 3. The van der Waals surface area contributed by atoms with Crippen molar-refractivity contribution in [1.29, 1.82) is 0 Å². The molecule has 17 heavy (non-hydrogen) atoms. The van der Waals surface area contributed by atoms with Gasteiger partial charge in [0.1, 0.15) is 0 Å². The summed E-state index contributed by atoms with van der Waals surface area (Å²) in [6.07, 6.45) is 4.45. The predicted octanol–water partition coefficient (Wildman–Crippen LogP) is 1.32. The van der Waals surface area contributed by atoms with Gasteiger partial charge in [0, 0.05) is 19.4 Å². The van der Waals surface area contributed by atoms with Gasteiger partial charge in [-0.05, 0) is 32.6 Å². The molecule has 1 aliphatic rings. The quantitative estimate of drug-likeness (QED) is 0.661. The monoisotopic (exact) mass is 243 g/mol. The van der Waals surface area contributed by atoms with Crippen molar-refractivity contribution >= 4 is 11.9 Å². The lowest BCUT2D eigenvalue weighted by atomic mass is 10.1. The van der Waals surface area contributed by atoms with Crippen molar-refractivity contribution in [3.05, 3.63) is 0 Å². The van der Waals surface area contributed by atoms with Gasteiger partial charge in [0.2, 0.25) is 5.91 Å². The number of rotatable bonds is 7. The fraction of sp³-hybridized carbons (Fsp3) is 0.833. The minimum absolute atomic E-state index is 0.0152. The van der Waals surface area contributed by atoms with Crippen LogP contribution < -0.4 is 5.32 Å². The number of amides is 1. The van der Waals surface area contributed by atoms with E-state index in [4.69, 9.17) is 9.84 Å². The fourth-order valence-corrected chi connectivity index (χ4v) is 1.95. The molecule has 0 aromatic rings. The Morgan fingerprint density at radius 1 is 1.35 bits per heavy atom. The highest BCUT2D eigenvalue weighted by atomic mass is 16.5. The second kappa shape index (κ2) is 7.27. The standard InChI is InChI=1S/C12H21NO4/c1-9-4-5-10(17-9)6-7-11(14)13-8-2-3-12(15)16/h9-10H,2-8H2,1H3,(H,13,14)(H,15,16)/t9-,10-/m1/s1. The maximum absolute atomic E-state index is 11.4. The molecule has 1 rings (SSSR count). The molecular weight excluding hydrogens is 222 g/mol. The van der Waals surface area contributed by atoms with E-state index in [-0.39, 0.29) is 18.4 Å². The van der Waals surface area contributed by atoms with Crippen LogP contribution in [0.1, 0.15) is 45.4 Å². The van der Waals surface area contributed by atoms with Gasteiger partial charge in [-0.25, -0.2) is 0 Å². The largest absolute Gasteiger partial charge is 0.481 e. The average Bonchev–Trinajstić information content (AvgIpc) is 2.67. The van der Waals surface area contributed by atoms with Crippen LogP contribution in [0.4, 0.5) is 0 Å². The number of carbonyl (C=O) groups is 2. The normalized spacial score (nSPS) is 23.6. The van der Waals surface area contributed by atoms with Crippen molar-refractivity contribution < 1.29 is 19.4 Å². The second-order valence-electron chi connectivity index (χ2n) is 4.53. The van der Waals surface area contributed by atoms with Crippen molar-refractivity contribution in [2.24, 2.45) is 0 Å². The van der Waals surface area contributed by atoms with E-state index in [1.807, 2.05) is 6.92 Å². The van der Waals surface area contributed by atoms with Crippen molar-refractivity contribution in [1.82, 2.24) is 5.32 Å². The summed E-state index contributed by atoms with van der Waals surface area (Å²) < 4.78 is 5.61. The molecule has 98 valence electrons. The molecule has 0 saturated carbocycles. The third-order valence-electron chi connectivity index (χ3n) is 2.90. The SMILES string of the molecule is C[C@@H]1CC[C@H](CCC(=O)NCCCC(=O)O)O1.